The predicted octanol–water partition coefficient (Wildman–Crippen LogP) is 1.67. The van der Waals surface area contributed by atoms with Gasteiger partial charge in [-0.1, -0.05) is 0 Å². The van der Waals surface area contributed by atoms with Crippen molar-refractivity contribution in [2.45, 2.75) is 43.3 Å². The number of ether oxygens (including phenoxy) is 1. The molecule has 0 saturated carbocycles. The Hall–Kier alpha value is -2.53. The minimum Gasteiger partial charge on any atom is -0.477 e. The number of aromatic nitrogens is 5. The first-order valence-corrected chi connectivity index (χ1v) is 11.0. The van der Waals surface area contributed by atoms with Gasteiger partial charge in [0.2, 0.25) is 15.9 Å². The molecule has 0 radical (unpaired) electrons. The van der Waals surface area contributed by atoms with Crippen LogP contribution in [0.4, 0.5) is 4.39 Å². The third kappa shape index (κ3) is 2.91. The molecule has 154 valence electrons. The monoisotopic (exact) mass is 420 g/mol. The van der Waals surface area contributed by atoms with E-state index in [0.29, 0.717) is 24.4 Å². The zero-order valence-corrected chi connectivity index (χ0v) is 16.8. The van der Waals surface area contributed by atoms with Crippen LogP contribution in [0.25, 0.3) is 5.65 Å². The van der Waals surface area contributed by atoms with Crippen LogP contribution in [0.15, 0.2) is 29.7 Å². The topological polar surface area (TPSA) is 94.6 Å². The Kier molecular flexibility index (Phi) is 4.14. The van der Waals surface area contributed by atoms with Gasteiger partial charge < -0.3 is 4.74 Å². The summed E-state index contributed by atoms with van der Waals surface area (Å²) in [6.45, 7) is 3.09. The van der Waals surface area contributed by atoms with Crippen molar-refractivity contribution < 1.29 is 17.5 Å². The summed E-state index contributed by atoms with van der Waals surface area (Å²) in [5.41, 5.74) is 0.341. The molecule has 0 N–H and O–H groups in total. The molecule has 3 aromatic rings. The van der Waals surface area contributed by atoms with E-state index in [2.05, 4.69) is 15.2 Å². The van der Waals surface area contributed by atoms with Crippen LogP contribution in [-0.4, -0.2) is 56.8 Å². The maximum absolute atomic E-state index is 15.9. The lowest BCUT2D eigenvalue weighted by Gasteiger charge is -2.36. The number of alkyl halides is 1. The normalized spacial score (nSPS) is 19.8. The van der Waals surface area contributed by atoms with Gasteiger partial charge in [0.15, 0.2) is 10.5 Å². The molecule has 2 aliphatic heterocycles. The molecule has 0 bridgehead atoms. The van der Waals surface area contributed by atoms with Crippen molar-refractivity contribution in [2.75, 3.05) is 19.7 Å². The maximum atomic E-state index is 15.9. The summed E-state index contributed by atoms with van der Waals surface area (Å²) in [5.74, 6) is 0.279. The van der Waals surface area contributed by atoms with E-state index < -0.39 is 15.7 Å². The van der Waals surface area contributed by atoms with Gasteiger partial charge in [0.1, 0.15) is 12.0 Å². The van der Waals surface area contributed by atoms with Gasteiger partial charge in [0.25, 0.3) is 0 Å². The number of hydrogen-bond acceptors (Lipinski definition) is 6. The fourth-order valence-electron chi connectivity index (χ4n) is 4.14. The van der Waals surface area contributed by atoms with Gasteiger partial charge in [0, 0.05) is 37.8 Å². The van der Waals surface area contributed by atoms with Crippen LogP contribution in [0.5, 0.6) is 5.88 Å². The van der Waals surface area contributed by atoms with Gasteiger partial charge in [-0.15, -0.1) is 0 Å². The summed E-state index contributed by atoms with van der Waals surface area (Å²) in [6, 6.07) is 1.79. The molecule has 0 unspecified atom stereocenters. The number of hydrogen-bond donors (Lipinski definition) is 0. The lowest BCUT2D eigenvalue weighted by atomic mass is 9.85. The molecule has 5 rings (SSSR count). The highest BCUT2D eigenvalue weighted by molar-refractivity contribution is 7.89. The molecular weight excluding hydrogens is 399 g/mol. The van der Waals surface area contributed by atoms with Gasteiger partial charge >= 0.3 is 0 Å². The standard InChI is InChI=1S/C18H21FN6O3S/c1-13-9-16-20-12-22-25(16)11-14(13)18(19)3-6-23(7-4-18)29(26,27)15-10-21-24-5-2-8-28-17(15)24/h9-12H,2-8H2,1H3. The zero-order chi connectivity index (χ0) is 20.2. The van der Waals surface area contributed by atoms with Crippen LogP contribution in [0.3, 0.4) is 0 Å². The second-order valence-electron chi connectivity index (χ2n) is 7.54. The average molecular weight is 420 g/mol. The summed E-state index contributed by atoms with van der Waals surface area (Å²) >= 11 is 0. The fraction of sp³-hybridized carbons (Fsp3) is 0.500. The van der Waals surface area contributed by atoms with E-state index in [9.17, 15) is 8.42 Å². The Morgan fingerprint density at radius 3 is 2.79 bits per heavy atom. The van der Waals surface area contributed by atoms with Crippen molar-refractivity contribution in [3.05, 3.63) is 35.9 Å². The third-order valence-corrected chi connectivity index (χ3v) is 7.63. The van der Waals surface area contributed by atoms with Crippen LogP contribution in [-0.2, 0) is 22.2 Å². The van der Waals surface area contributed by atoms with Crippen molar-refractivity contribution in [3.8, 4) is 5.88 Å². The first kappa shape index (κ1) is 18.5. The number of pyridine rings is 1. The number of sulfonamides is 1. The minimum atomic E-state index is -3.80. The molecule has 11 heteroatoms. The van der Waals surface area contributed by atoms with E-state index in [-0.39, 0.29) is 36.7 Å². The van der Waals surface area contributed by atoms with Gasteiger partial charge in [0.05, 0.1) is 12.8 Å². The molecule has 2 aliphatic rings. The Bertz CT molecular complexity index is 1180. The van der Waals surface area contributed by atoms with Gasteiger partial charge in [-0.25, -0.2) is 27.0 Å². The SMILES string of the molecule is Cc1cc2ncnn2cc1C1(F)CCN(S(=O)(=O)c2cnn3c2OCCC3)CC1. The molecule has 3 aromatic heterocycles. The smallest absolute Gasteiger partial charge is 0.250 e. The van der Waals surface area contributed by atoms with Crippen LogP contribution >= 0.6 is 0 Å². The fourth-order valence-corrected chi connectivity index (χ4v) is 5.64. The van der Waals surface area contributed by atoms with Crippen molar-refractivity contribution in [3.63, 3.8) is 0 Å². The highest BCUT2D eigenvalue weighted by Crippen LogP contribution is 2.40. The Morgan fingerprint density at radius 2 is 2.00 bits per heavy atom. The first-order valence-electron chi connectivity index (χ1n) is 9.57. The zero-order valence-electron chi connectivity index (χ0n) is 16.0. The van der Waals surface area contributed by atoms with Gasteiger partial charge in [-0.05, 0) is 31.4 Å². The Labute approximate surface area is 167 Å². The highest BCUT2D eigenvalue weighted by Gasteiger charge is 2.42. The lowest BCUT2D eigenvalue weighted by molar-refractivity contribution is 0.0857. The predicted molar refractivity (Wildman–Crippen MR) is 101 cm³/mol. The maximum Gasteiger partial charge on any atom is 0.250 e. The Morgan fingerprint density at radius 1 is 1.21 bits per heavy atom. The van der Waals surface area contributed by atoms with Gasteiger partial charge in [-0.2, -0.15) is 14.5 Å². The van der Waals surface area contributed by atoms with E-state index >= 15 is 4.39 Å². The number of rotatable bonds is 3. The second-order valence-corrected chi connectivity index (χ2v) is 9.45. The Balaban J connectivity index is 1.40. The van der Waals surface area contributed by atoms with Crippen molar-refractivity contribution in [2.24, 2.45) is 0 Å². The number of halogens is 1. The molecule has 5 heterocycles. The van der Waals surface area contributed by atoms with E-state index in [4.69, 9.17) is 4.74 Å². The molecular formula is C18H21FN6O3S. The quantitative estimate of drug-likeness (QED) is 0.640. The van der Waals surface area contributed by atoms with Crippen LogP contribution < -0.4 is 4.74 Å². The molecule has 1 saturated heterocycles. The van der Waals surface area contributed by atoms with Crippen molar-refractivity contribution >= 4 is 15.7 Å². The van der Waals surface area contributed by atoms with Crippen molar-refractivity contribution in [1.29, 1.82) is 0 Å². The van der Waals surface area contributed by atoms with E-state index in [0.717, 1.165) is 12.0 Å². The minimum absolute atomic E-state index is 0.0590. The molecule has 0 spiro atoms. The van der Waals surface area contributed by atoms with Crippen LogP contribution in [0.1, 0.15) is 30.4 Å². The summed E-state index contributed by atoms with van der Waals surface area (Å²) in [5, 5.41) is 8.21. The number of aryl methyl sites for hydroxylation is 2. The van der Waals surface area contributed by atoms with Crippen LogP contribution in [0.2, 0.25) is 0 Å². The molecule has 1 fully saturated rings. The van der Waals surface area contributed by atoms with E-state index in [1.54, 1.807) is 21.5 Å². The molecule has 0 aliphatic carbocycles. The number of fused-ring (bicyclic) bond motifs is 2. The van der Waals surface area contributed by atoms with Gasteiger partial charge in [-0.3, -0.25) is 0 Å². The average Bonchev–Trinajstić information content (AvgIpc) is 3.34. The number of piperidine rings is 1. The van der Waals surface area contributed by atoms with E-state index in [1.165, 1.54) is 16.8 Å². The molecule has 0 atom stereocenters. The molecule has 0 amide bonds. The van der Waals surface area contributed by atoms with Crippen LogP contribution in [0, 0.1) is 6.92 Å². The summed E-state index contributed by atoms with van der Waals surface area (Å²) in [6.07, 6.45) is 5.33. The van der Waals surface area contributed by atoms with Crippen molar-refractivity contribution in [1.82, 2.24) is 28.7 Å². The van der Waals surface area contributed by atoms with E-state index in [1.807, 2.05) is 6.92 Å². The lowest BCUT2D eigenvalue weighted by Crippen LogP contribution is -2.43. The molecule has 9 nitrogen and oxygen atoms in total. The number of nitrogens with zero attached hydrogens (tertiary/aromatic N) is 6. The highest BCUT2D eigenvalue weighted by atomic mass is 32.2. The second kappa shape index (κ2) is 6.49. The summed E-state index contributed by atoms with van der Waals surface area (Å²) < 4.78 is 52.1. The first-order chi connectivity index (χ1) is 13.9. The third-order valence-electron chi connectivity index (χ3n) is 5.75. The molecule has 0 aromatic carbocycles. The summed E-state index contributed by atoms with van der Waals surface area (Å²) in [4.78, 5) is 4.18. The summed E-state index contributed by atoms with van der Waals surface area (Å²) in [7, 11) is -3.80. The largest absolute Gasteiger partial charge is 0.477 e. The molecule has 29 heavy (non-hydrogen) atoms.